The molecule has 0 saturated carbocycles. The first-order valence-corrected chi connectivity index (χ1v) is 13.4. The lowest BCUT2D eigenvalue weighted by atomic mass is 10.1. The Kier molecular flexibility index (Phi) is 6.40. The summed E-state index contributed by atoms with van der Waals surface area (Å²) in [5.74, 6) is 0.227. The molecule has 1 amide bonds. The van der Waals surface area contributed by atoms with E-state index in [1.165, 1.54) is 11.8 Å². The maximum Gasteiger partial charge on any atom is 0.285 e. The second-order valence-corrected chi connectivity index (χ2v) is 12.3. The van der Waals surface area contributed by atoms with Crippen LogP contribution in [0.15, 0.2) is 45.9 Å². The van der Waals surface area contributed by atoms with Crippen LogP contribution in [0.5, 0.6) is 5.75 Å². The number of fused-ring (bicyclic) bond motifs is 1. The van der Waals surface area contributed by atoms with Gasteiger partial charge in [0.2, 0.25) is 0 Å². The molecule has 0 N–H and O–H groups in total. The minimum Gasteiger partial charge on any atom is -0.484 e. The van der Waals surface area contributed by atoms with Gasteiger partial charge in [0.15, 0.2) is 21.6 Å². The molecule has 10 heteroatoms. The first kappa shape index (κ1) is 22.6. The van der Waals surface area contributed by atoms with E-state index in [0.717, 1.165) is 21.3 Å². The van der Waals surface area contributed by atoms with Crippen LogP contribution in [0.2, 0.25) is 5.02 Å². The topological polar surface area (TPSA) is 76.0 Å². The second-order valence-electron chi connectivity index (χ2n) is 7.59. The minimum absolute atomic E-state index is 0.0497. The molecule has 0 bridgehead atoms. The van der Waals surface area contributed by atoms with Crippen LogP contribution in [0.4, 0.5) is 5.69 Å². The zero-order valence-electron chi connectivity index (χ0n) is 16.8. The summed E-state index contributed by atoms with van der Waals surface area (Å²) < 4.78 is 31.0. The van der Waals surface area contributed by atoms with Gasteiger partial charge in [-0.05, 0) is 61.4 Å². The van der Waals surface area contributed by atoms with Crippen molar-refractivity contribution in [2.75, 3.05) is 23.0 Å². The van der Waals surface area contributed by atoms with Gasteiger partial charge in [0, 0.05) is 20.4 Å². The van der Waals surface area contributed by atoms with Crippen LogP contribution in [0.25, 0.3) is 0 Å². The Morgan fingerprint density at radius 3 is 2.52 bits per heavy atom. The van der Waals surface area contributed by atoms with Gasteiger partial charge >= 0.3 is 0 Å². The molecule has 164 valence electrons. The number of hydrogen-bond donors (Lipinski definition) is 0. The standard InChI is InChI=1S/C21H20BrClN2O4S2/c1-12-7-14(22)8-13(2)20(12)25-17-10-31(27,28)11-18(17)30-21(25)24-19(26)9-29-16-5-3-15(23)4-6-16/h3-8,17-18H,9-11H2,1-2H3. The van der Waals surface area contributed by atoms with Crippen molar-refractivity contribution in [3.63, 3.8) is 0 Å². The summed E-state index contributed by atoms with van der Waals surface area (Å²) in [6.07, 6.45) is 0. The van der Waals surface area contributed by atoms with E-state index in [4.69, 9.17) is 16.3 Å². The van der Waals surface area contributed by atoms with Crippen molar-refractivity contribution in [1.29, 1.82) is 0 Å². The molecular weight excluding hydrogens is 524 g/mol. The molecule has 0 aromatic heterocycles. The fourth-order valence-electron chi connectivity index (χ4n) is 3.92. The molecule has 2 aliphatic heterocycles. The molecule has 2 fully saturated rings. The lowest BCUT2D eigenvalue weighted by molar-refractivity contribution is -0.119. The maximum absolute atomic E-state index is 12.6. The summed E-state index contributed by atoms with van der Waals surface area (Å²) in [6, 6.07) is 10.4. The Morgan fingerprint density at radius 2 is 1.87 bits per heavy atom. The number of thioether (sulfide) groups is 1. The van der Waals surface area contributed by atoms with Crippen LogP contribution < -0.4 is 9.64 Å². The van der Waals surface area contributed by atoms with Crippen molar-refractivity contribution in [3.8, 4) is 5.75 Å². The number of ether oxygens (including phenoxy) is 1. The number of carbonyl (C=O) groups excluding carboxylic acids is 1. The second kappa shape index (κ2) is 8.77. The predicted octanol–water partition coefficient (Wildman–Crippen LogP) is 4.40. The van der Waals surface area contributed by atoms with Gasteiger partial charge < -0.3 is 9.64 Å². The van der Waals surface area contributed by atoms with Crippen molar-refractivity contribution in [2.24, 2.45) is 4.99 Å². The number of aliphatic imine (C=N–C) groups is 1. The predicted molar refractivity (Wildman–Crippen MR) is 129 cm³/mol. The molecule has 2 atom stereocenters. The number of amidine groups is 1. The van der Waals surface area contributed by atoms with Crippen molar-refractivity contribution in [3.05, 3.63) is 57.0 Å². The van der Waals surface area contributed by atoms with Gasteiger partial charge in [-0.15, -0.1) is 0 Å². The Morgan fingerprint density at radius 1 is 1.23 bits per heavy atom. The lowest BCUT2D eigenvalue weighted by Crippen LogP contribution is -2.38. The van der Waals surface area contributed by atoms with Crippen LogP contribution in [0.1, 0.15) is 11.1 Å². The Balaban J connectivity index is 1.62. The van der Waals surface area contributed by atoms with Crippen LogP contribution in [0.3, 0.4) is 0 Å². The van der Waals surface area contributed by atoms with E-state index in [1.807, 2.05) is 30.9 Å². The van der Waals surface area contributed by atoms with E-state index in [0.29, 0.717) is 15.9 Å². The molecule has 2 aliphatic rings. The maximum atomic E-state index is 12.6. The van der Waals surface area contributed by atoms with Gasteiger partial charge in [-0.25, -0.2) is 8.42 Å². The summed E-state index contributed by atoms with van der Waals surface area (Å²) in [5.41, 5.74) is 2.86. The third kappa shape index (κ3) is 4.94. The third-order valence-corrected chi connectivity index (χ3v) is 9.08. The van der Waals surface area contributed by atoms with Gasteiger partial charge in [0.05, 0.1) is 17.5 Å². The molecule has 4 rings (SSSR count). The lowest BCUT2D eigenvalue weighted by Gasteiger charge is -2.28. The van der Waals surface area contributed by atoms with Gasteiger partial charge in [0.25, 0.3) is 5.91 Å². The van der Waals surface area contributed by atoms with Crippen LogP contribution >= 0.6 is 39.3 Å². The number of halogens is 2. The van der Waals surface area contributed by atoms with Gasteiger partial charge in [-0.2, -0.15) is 4.99 Å². The number of amides is 1. The molecule has 31 heavy (non-hydrogen) atoms. The number of sulfone groups is 1. The number of aryl methyl sites for hydroxylation is 2. The molecule has 2 unspecified atom stereocenters. The third-order valence-electron chi connectivity index (χ3n) is 5.16. The number of benzene rings is 2. The van der Waals surface area contributed by atoms with Crippen molar-refractivity contribution in [1.82, 2.24) is 0 Å². The smallest absolute Gasteiger partial charge is 0.285 e. The summed E-state index contributed by atoms with van der Waals surface area (Å²) >= 11 is 10.7. The van der Waals surface area contributed by atoms with E-state index in [-0.39, 0.29) is 29.4 Å². The van der Waals surface area contributed by atoms with Crippen LogP contribution in [-0.4, -0.2) is 48.9 Å². The zero-order valence-corrected chi connectivity index (χ0v) is 20.8. The van der Waals surface area contributed by atoms with Crippen molar-refractivity contribution in [2.45, 2.75) is 25.1 Å². The van der Waals surface area contributed by atoms with Crippen molar-refractivity contribution >= 4 is 65.9 Å². The van der Waals surface area contributed by atoms with Crippen molar-refractivity contribution < 1.29 is 17.9 Å². The normalized spacial score (nSPS) is 23.2. The van der Waals surface area contributed by atoms with E-state index in [1.54, 1.807) is 24.3 Å². The molecule has 0 radical (unpaired) electrons. The molecule has 0 spiro atoms. The zero-order chi connectivity index (χ0) is 22.3. The summed E-state index contributed by atoms with van der Waals surface area (Å²) in [6.45, 7) is 3.72. The first-order chi connectivity index (χ1) is 14.6. The first-order valence-electron chi connectivity index (χ1n) is 9.56. The average Bonchev–Trinajstić information content (AvgIpc) is 3.12. The van der Waals surface area contributed by atoms with Gasteiger partial charge in [-0.3, -0.25) is 4.79 Å². The monoisotopic (exact) mass is 542 g/mol. The molecular formula is C21H20BrClN2O4S2. The average molecular weight is 544 g/mol. The van der Waals surface area contributed by atoms with Crippen LogP contribution in [-0.2, 0) is 14.6 Å². The fourth-order valence-corrected chi connectivity index (χ4v) is 8.65. The molecule has 2 saturated heterocycles. The Hall–Kier alpha value is -1.55. The van der Waals surface area contributed by atoms with E-state index in [9.17, 15) is 13.2 Å². The Bertz CT molecular complexity index is 1150. The molecule has 2 heterocycles. The molecule has 2 aromatic carbocycles. The number of nitrogens with zero attached hydrogens (tertiary/aromatic N) is 2. The van der Waals surface area contributed by atoms with E-state index >= 15 is 0 Å². The molecule has 2 aromatic rings. The Labute approximate surface area is 199 Å². The molecule has 0 aliphatic carbocycles. The highest BCUT2D eigenvalue weighted by Crippen LogP contribution is 2.43. The number of rotatable bonds is 4. The van der Waals surface area contributed by atoms with E-state index in [2.05, 4.69) is 20.9 Å². The highest BCUT2D eigenvalue weighted by molar-refractivity contribution is 9.10. The fraction of sp³-hybridized carbons (Fsp3) is 0.333. The van der Waals surface area contributed by atoms with Gasteiger partial charge in [0.1, 0.15) is 5.75 Å². The van der Waals surface area contributed by atoms with Gasteiger partial charge in [-0.1, -0.05) is 39.3 Å². The summed E-state index contributed by atoms with van der Waals surface area (Å²) in [7, 11) is -3.13. The number of anilines is 1. The summed E-state index contributed by atoms with van der Waals surface area (Å²) in [4.78, 5) is 18.8. The number of carbonyl (C=O) groups is 1. The largest absolute Gasteiger partial charge is 0.484 e. The highest BCUT2D eigenvalue weighted by atomic mass is 79.9. The minimum atomic E-state index is -3.13. The summed E-state index contributed by atoms with van der Waals surface area (Å²) in [5, 5.41) is 0.943. The van der Waals surface area contributed by atoms with Crippen LogP contribution in [0, 0.1) is 13.8 Å². The SMILES string of the molecule is Cc1cc(Br)cc(C)c1N1C(=NC(=O)COc2ccc(Cl)cc2)SC2CS(=O)(=O)CC21. The highest BCUT2D eigenvalue weighted by Gasteiger charge is 2.50. The van der Waals surface area contributed by atoms with E-state index < -0.39 is 15.7 Å². The molecule has 6 nitrogen and oxygen atoms in total. The number of hydrogen-bond acceptors (Lipinski definition) is 5. The quantitative estimate of drug-likeness (QED) is 0.569.